The molecular formula is C14H20F6N2O4. The molecule has 1 aliphatic heterocycles. The maximum Gasteiger partial charge on any atom is 0.458 e. The molecule has 26 heavy (non-hydrogen) atoms. The van der Waals surface area contributed by atoms with Crippen molar-refractivity contribution in [3.63, 3.8) is 0 Å². The molecule has 0 radical (unpaired) electrons. The third kappa shape index (κ3) is 9.13. The topological polar surface area (TPSA) is 84.5 Å². The molecule has 1 heterocycles. The Balaban J connectivity index is 0.000000488. The predicted molar refractivity (Wildman–Crippen MR) is 77.3 cm³/mol. The molecule has 1 fully saturated rings. The van der Waals surface area contributed by atoms with Crippen LogP contribution in [0.15, 0.2) is 0 Å². The van der Waals surface area contributed by atoms with E-state index >= 15 is 0 Å². The summed E-state index contributed by atoms with van der Waals surface area (Å²) in [5, 5.41) is 6.74. The molecule has 152 valence electrons. The van der Waals surface area contributed by atoms with Crippen molar-refractivity contribution in [2.45, 2.75) is 44.6 Å². The molecule has 0 bridgehead atoms. The van der Waals surface area contributed by atoms with Gasteiger partial charge in [-0.2, -0.15) is 26.3 Å². The summed E-state index contributed by atoms with van der Waals surface area (Å²) >= 11 is 0. The molecule has 0 saturated carbocycles. The van der Waals surface area contributed by atoms with E-state index in [9.17, 15) is 40.7 Å². The number of esters is 1. The molecule has 12 heteroatoms. The summed E-state index contributed by atoms with van der Waals surface area (Å²) in [5.41, 5.74) is 0.0466. The van der Waals surface area contributed by atoms with Crippen molar-refractivity contribution >= 4 is 17.5 Å². The molecule has 0 aliphatic carbocycles. The Bertz CT molecular complexity index is 475. The SMILES string of the molecule is CCOC(=O)CCC1(C)CNCCN1.O=C(C(=O)C(F)(F)F)C(F)(F)F. The minimum atomic E-state index is -5.77. The van der Waals surface area contributed by atoms with Gasteiger partial charge in [0.25, 0.3) is 0 Å². The van der Waals surface area contributed by atoms with Crippen LogP contribution in [-0.4, -0.2) is 61.7 Å². The molecule has 1 atom stereocenters. The van der Waals surface area contributed by atoms with Crippen LogP contribution in [0, 0.1) is 0 Å². The predicted octanol–water partition coefficient (Wildman–Crippen LogP) is 1.53. The van der Waals surface area contributed by atoms with Crippen LogP contribution in [0.2, 0.25) is 0 Å². The highest BCUT2D eigenvalue weighted by Gasteiger charge is 2.54. The number of halogens is 6. The van der Waals surface area contributed by atoms with Crippen LogP contribution < -0.4 is 10.6 Å². The lowest BCUT2D eigenvalue weighted by molar-refractivity contribution is -0.193. The molecule has 1 aliphatic rings. The minimum absolute atomic E-state index is 0.0466. The Morgan fingerprint density at radius 3 is 1.85 bits per heavy atom. The lowest BCUT2D eigenvalue weighted by atomic mass is 9.94. The third-order valence-corrected chi connectivity index (χ3v) is 3.28. The van der Waals surface area contributed by atoms with Gasteiger partial charge in [0.15, 0.2) is 0 Å². The van der Waals surface area contributed by atoms with Gasteiger partial charge < -0.3 is 15.4 Å². The van der Waals surface area contributed by atoms with E-state index in [0.29, 0.717) is 13.0 Å². The zero-order chi connectivity index (χ0) is 20.6. The highest BCUT2D eigenvalue weighted by molar-refractivity contribution is 6.41. The van der Waals surface area contributed by atoms with Crippen LogP contribution in [0.1, 0.15) is 26.7 Å². The van der Waals surface area contributed by atoms with Gasteiger partial charge in [0.1, 0.15) is 0 Å². The zero-order valence-corrected chi connectivity index (χ0v) is 14.1. The average Bonchev–Trinajstić information content (AvgIpc) is 2.51. The second-order valence-corrected chi connectivity index (χ2v) is 5.62. The molecule has 6 nitrogen and oxygen atoms in total. The maximum atomic E-state index is 11.2. The number of hydrogen-bond donors (Lipinski definition) is 2. The first-order valence-corrected chi connectivity index (χ1v) is 7.57. The number of Topliss-reactive ketones (excluding diaryl/α,β-unsaturated/α-hetero) is 2. The van der Waals surface area contributed by atoms with Crippen LogP contribution in [0.3, 0.4) is 0 Å². The maximum absolute atomic E-state index is 11.2. The number of piperazine rings is 1. The number of carbonyl (C=O) groups is 3. The van der Waals surface area contributed by atoms with Crippen LogP contribution in [-0.2, 0) is 19.1 Å². The third-order valence-electron chi connectivity index (χ3n) is 3.28. The lowest BCUT2D eigenvalue weighted by Crippen LogP contribution is -2.57. The Morgan fingerprint density at radius 1 is 1.00 bits per heavy atom. The highest BCUT2D eigenvalue weighted by atomic mass is 19.4. The van der Waals surface area contributed by atoms with E-state index in [-0.39, 0.29) is 11.5 Å². The van der Waals surface area contributed by atoms with Crippen LogP contribution >= 0.6 is 0 Å². The molecule has 0 aromatic carbocycles. The van der Waals surface area contributed by atoms with Crippen molar-refractivity contribution in [3.8, 4) is 0 Å². The summed E-state index contributed by atoms with van der Waals surface area (Å²) in [4.78, 5) is 30.4. The van der Waals surface area contributed by atoms with Crippen molar-refractivity contribution in [1.82, 2.24) is 10.6 Å². The number of carbonyl (C=O) groups excluding carboxylic acids is 3. The Morgan fingerprint density at radius 2 is 1.50 bits per heavy atom. The zero-order valence-electron chi connectivity index (χ0n) is 14.1. The standard InChI is InChI=1S/C10H20N2O2.C4F6O2/c1-3-14-9(13)4-5-10(2)8-11-6-7-12-10;5-3(6,7)1(11)2(12)4(8,9)10/h11-12H,3-8H2,1-2H3;. The van der Waals surface area contributed by atoms with Gasteiger partial charge in [-0.1, -0.05) is 0 Å². The van der Waals surface area contributed by atoms with Crippen molar-refractivity contribution in [1.29, 1.82) is 0 Å². The molecule has 1 rings (SSSR count). The molecule has 0 spiro atoms. The van der Waals surface area contributed by atoms with Gasteiger partial charge in [-0.3, -0.25) is 14.4 Å². The van der Waals surface area contributed by atoms with Gasteiger partial charge in [0.2, 0.25) is 0 Å². The average molecular weight is 394 g/mol. The van der Waals surface area contributed by atoms with Crippen LogP contribution in [0.5, 0.6) is 0 Å². The van der Waals surface area contributed by atoms with E-state index in [2.05, 4.69) is 17.6 Å². The number of ether oxygens (including phenoxy) is 1. The lowest BCUT2D eigenvalue weighted by Gasteiger charge is -2.35. The Hall–Kier alpha value is -1.69. The molecule has 1 unspecified atom stereocenters. The van der Waals surface area contributed by atoms with Crippen molar-refractivity contribution in [2.24, 2.45) is 0 Å². The van der Waals surface area contributed by atoms with Gasteiger partial charge in [-0.15, -0.1) is 0 Å². The molecule has 0 amide bonds. The number of nitrogens with one attached hydrogen (secondary N) is 2. The van der Waals surface area contributed by atoms with E-state index in [1.165, 1.54) is 0 Å². The minimum Gasteiger partial charge on any atom is -0.466 e. The summed E-state index contributed by atoms with van der Waals surface area (Å²) in [5.74, 6) is -6.91. The summed E-state index contributed by atoms with van der Waals surface area (Å²) in [6.07, 6.45) is -10.2. The summed E-state index contributed by atoms with van der Waals surface area (Å²) in [7, 11) is 0. The fourth-order valence-electron chi connectivity index (χ4n) is 1.92. The Labute approximate surface area is 145 Å². The fourth-order valence-corrected chi connectivity index (χ4v) is 1.92. The first kappa shape index (κ1) is 24.3. The molecule has 2 N–H and O–H groups in total. The van der Waals surface area contributed by atoms with Gasteiger partial charge in [0, 0.05) is 31.6 Å². The molecule has 0 aromatic rings. The summed E-state index contributed by atoms with van der Waals surface area (Å²) in [6, 6.07) is 0. The second-order valence-electron chi connectivity index (χ2n) is 5.62. The van der Waals surface area contributed by atoms with Crippen molar-refractivity contribution in [2.75, 3.05) is 26.2 Å². The van der Waals surface area contributed by atoms with E-state index in [1.807, 2.05) is 6.92 Å². The van der Waals surface area contributed by atoms with E-state index in [0.717, 1.165) is 26.1 Å². The van der Waals surface area contributed by atoms with Crippen molar-refractivity contribution < 1.29 is 45.5 Å². The number of rotatable bonds is 5. The second kappa shape index (κ2) is 9.86. The first-order valence-electron chi connectivity index (χ1n) is 7.57. The monoisotopic (exact) mass is 394 g/mol. The van der Waals surface area contributed by atoms with E-state index < -0.39 is 23.9 Å². The normalized spacial score (nSPS) is 20.6. The number of hydrogen-bond acceptors (Lipinski definition) is 6. The number of alkyl halides is 6. The Kier molecular flexibility index (Phi) is 9.22. The highest BCUT2D eigenvalue weighted by Crippen LogP contribution is 2.24. The van der Waals surface area contributed by atoms with Crippen molar-refractivity contribution in [3.05, 3.63) is 0 Å². The van der Waals surface area contributed by atoms with Gasteiger partial charge in [-0.05, 0) is 20.3 Å². The molecular weight excluding hydrogens is 374 g/mol. The van der Waals surface area contributed by atoms with Crippen LogP contribution in [0.4, 0.5) is 26.3 Å². The van der Waals surface area contributed by atoms with Gasteiger partial charge in [0.05, 0.1) is 6.61 Å². The van der Waals surface area contributed by atoms with Gasteiger partial charge >= 0.3 is 29.9 Å². The van der Waals surface area contributed by atoms with Gasteiger partial charge in [-0.25, -0.2) is 0 Å². The quantitative estimate of drug-likeness (QED) is 0.418. The first-order chi connectivity index (χ1) is 11.7. The molecule has 1 saturated heterocycles. The smallest absolute Gasteiger partial charge is 0.458 e. The molecule has 0 aromatic heterocycles. The van der Waals surface area contributed by atoms with E-state index in [1.54, 1.807) is 0 Å². The largest absolute Gasteiger partial charge is 0.466 e. The number of ketones is 2. The van der Waals surface area contributed by atoms with Crippen LogP contribution in [0.25, 0.3) is 0 Å². The van der Waals surface area contributed by atoms with E-state index in [4.69, 9.17) is 4.74 Å². The summed E-state index contributed by atoms with van der Waals surface area (Å²) < 4.78 is 71.8. The fraction of sp³-hybridized carbons (Fsp3) is 0.786. The summed E-state index contributed by atoms with van der Waals surface area (Å²) in [6.45, 7) is 7.35.